The largest absolute Gasteiger partial charge is 0.760 e. The van der Waals surface area contributed by atoms with E-state index in [0.717, 1.165) is 16.9 Å². The molecule has 0 saturated carbocycles. The van der Waals surface area contributed by atoms with E-state index >= 15 is 0 Å². The quantitative estimate of drug-likeness (QED) is 0.337. The van der Waals surface area contributed by atoms with Crippen molar-refractivity contribution in [2.24, 2.45) is 0 Å². The van der Waals surface area contributed by atoms with Crippen molar-refractivity contribution in [3.05, 3.63) is 64.0 Å². The number of nitrogens with one attached hydrogen (secondary N) is 2. The topological polar surface area (TPSA) is 93.7 Å². The Hall–Kier alpha value is -1.81. The number of thiophene rings is 1. The molecule has 29 heavy (non-hydrogen) atoms. The first-order valence-corrected chi connectivity index (χ1v) is 11.3. The molecular weight excluding hydrogens is 408 g/mol. The highest BCUT2D eigenvalue weighted by Crippen LogP contribution is 2.32. The standard InChI is InChI=1S/C21H26N2O4S2/c1-14-15(2)28-21-11-18(6-7-19(14)21)27-9-8-22-13-20(24)17-5-3-4-16(10-17)12-23-29(25)26/h3-7,10-11,20,22-24H,8-9,12-13H2,1-2H3,(H,25,26)/p-1. The lowest BCUT2D eigenvalue weighted by atomic mass is 10.1. The normalized spacial score (nSPS) is 13.5. The monoisotopic (exact) mass is 433 g/mol. The Kier molecular flexibility index (Phi) is 7.77. The molecule has 0 saturated heterocycles. The van der Waals surface area contributed by atoms with Crippen molar-refractivity contribution in [2.75, 3.05) is 19.7 Å². The van der Waals surface area contributed by atoms with E-state index in [-0.39, 0.29) is 6.54 Å². The van der Waals surface area contributed by atoms with E-state index in [4.69, 9.17) is 4.74 Å². The minimum atomic E-state index is -2.30. The molecular formula is C21H25N2O4S2-. The Morgan fingerprint density at radius 1 is 1.24 bits per heavy atom. The number of benzene rings is 2. The Balaban J connectivity index is 1.43. The van der Waals surface area contributed by atoms with E-state index in [9.17, 15) is 13.9 Å². The van der Waals surface area contributed by atoms with Crippen LogP contribution in [0.1, 0.15) is 27.7 Å². The molecule has 0 bridgehead atoms. The number of aliphatic hydroxyl groups excluding tert-OH is 1. The van der Waals surface area contributed by atoms with Crippen LogP contribution in [0, 0.1) is 13.8 Å². The van der Waals surface area contributed by atoms with Crippen LogP contribution in [0.3, 0.4) is 0 Å². The van der Waals surface area contributed by atoms with Gasteiger partial charge in [0.2, 0.25) is 0 Å². The number of aliphatic hydroxyl groups is 1. The summed E-state index contributed by atoms with van der Waals surface area (Å²) in [6, 6.07) is 13.4. The molecule has 0 amide bonds. The summed E-state index contributed by atoms with van der Waals surface area (Å²) in [5, 5.41) is 14.8. The van der Waals surface area contributed by atoms with Gasteiger partial charge in [0, 0.05) is 40.5 Å². The Morgan fingerprint density at radius 3 is 2.86 bits per heavy atom. The highest BCUT2D eigenvalue weighted by Gasteiger charge is 2.08. The molecule has 1 aromatic heterocycles. The molecule has 0 radical (unpaired) electrons. The van der Waals surface area contributed by atoms with Crippen LogP contribution in [-0.2, 0) is 17.8 Å². The van der Waals surface area contributed by atoms with Crippen LogP contribution < -0.4 is 14.8 Å². The smallest absolute Gasteiger partial charge is 0.120 e. The van der Waals surface area contributed by atoms with Crippen molar-refractivity contribution in [2.45, 2.75) is 26.5 Å². The number of hydrogen-bond donors (Lipinski definition) is 3. The SMILES string of the molecule is Cc1sc2cc(OCCNCC(O)c3cccc(CNS(=O)[O-])c3)ccc2c1C. The zero-order chi connectivity index (χ0) is 20.8. The van der Waals surface area contributed by atoms with E-state index < -0.39 is 17.4 Å². The first-order chi connectivity index (χ1) is 13.9. The summed E-state index contributed by atoms with van der Waals surface area (Å²) in [6.45, 7) is 5.96. The average Bonchev–Trinajstić information content (AvgIpc) is 2.99. The second-order valence-electron chi connectivity index (χ2n) is 6.81. The van der Waals surface area contributed by atoms with Gasteiger partial charge in [-0.1, -0.05) is 24.3 Å². The number of fused-ring (bicyclic) bond motifs is 1. The average molecular weight is 434 g/mol. The molecule has 8 heteroatoms. The van der Waals surface area contributed by atoms with Gasteiger partial charge in [0.05, 0.1) is 6.10 Å². The van der Waals surface area contributed by atoms with Gasteiger partial charge in [-0.15, -0.1) is 11.3 Å². The van der Waals surface area contributed by atoms with Crippen LogP contribution in [0.5, 0.6) is 5.75 Å². The van der Waals surface area contributed by atoms with Crippen molar-refractivity contribution in [1.29, 1.82) is 0 Å². The lowest BCUT2D eigenvalue weighted by Crippen LogP contribution is -2.26. The van der Waals surface area contributed by atoms with E-state index in [1.54, 1.807) is 23.5 Å². The van der Waals surface area contributed by atoms with Gasteiger partial charge in [-0.05, 0) is 54.1 Å². The first kappa shape index (κ1) is 21.9. The third-order valence-corrected chi connectivity index (χ3v) is 6.31. The van der Waals surface area contributed by atoms with Gasteiger partial charge in [0.25, 0.3) is 0 Å². The zero-order valence-electron chi connectivity index (χ0n) is 16.4. The summed E-state index contributed by atoms with van der Waals surface area (Å²) in [7, 11) is 0. The molecule has 0 aliphatic carbocycles. The number of hydrogen-bond acceptors (Lipinski definition) is 6. The third kappa shape index (κ3) is 6.08. The van der Waals surface area contributed by atoms with Crippen molar-refractivity contribution < 1.29 is 18.6 Å². The number of aryl methyl sites for hydroxylation is 2. The Bertz CT molecular complexity index is 990. The molecule has 0 aliphatic heterocycles. The maximum absolute atomic E-state index is 10.6. The predicted octanol–water partition coefficient (Wildman–Crippen LogP) is 3.10. The van der Waals surface area contributed by atoms with Gasteiger partial charge in [-0.2, -0.15) is 0 Å². The summed E-state index contributed by atoms with van der Waals surface area (Å²) in [5.41, 5.74) is 2.86. The van der Waals surface area contributed by atoms with Gasteiger partial charge < -0.3 is 19.7 Å². The van der Waals surface area contributed by atoms with Gasteiger partial charge in [-0.25, -0.2) is 4.72 Å². The predicted molar refractivity (Wildman–Crippen MR) is 117 cm³/mol. The lowest BCUT2D eigenvalue weighted by molar-refractivity contribution is 0.172. The van der Waals surface area contributed by atoms with Gasteiger partial charge >= 0.3 is 0 Å². The molecule has 3 aromatic rings. The molecule has 2 aromatic carbocycles. The summed E-state index contributed by atoms with van der Waals surface area (Å²) < 4.78 is 30.6. The highest BCUT2D eigenvalue weighted by molar-refractivity contribution is 7.77. The summed E-state index contributed by atoms with van der Waals surface area (Å²) in [6.07, 6.45) is -0.680. The Morgan fingerprint density at radius 2 is 2.07 bits per heavy atom. The number of ether oxygens (including phenoxy) is 1. The highest BCUT2D eigenvalue weighted by atomic mass is 32.2. The van der Waals surface area contributed by atoms with Gasteiger partial charge in [0.15, 0.2) is 0 Å². The van der Waals surface area contributed by atoms with Crippen LogP contribution in [0.4, 0.5) is 0 Å². The van der Waals surface area contributed by atoms with E-state index in [2.05, 4.69) is 36.0 Å². The fraction of sp³-hybridized carbons (Fsp3) is 0.333. The van der Waals surface area contributed by atoms with Crippen LogP contribution in [-0.4, -0.2) is 33.6 Å². The van der Waals surface area contributed by atoms with Gasteiger partial charge in [-0.3, -0.25) is 4.21 Å². The fourth-order valence-corrected chi connectivity index (χ4v) is 4.45. The zero-order valence-corrected chi connectivity index (χ0v) is 18.1. The van der Waals surface area contributed by atoms with E-state index in [1.807, 2.05) is 18.2 Å². The molecule has 1 heterocycles. The third-order valence-electron chi connectivity index (χ3n) is 4.76. The summed E-state index contributed by atoms with van der Waals surface area (Å²) in [5.74, 6) is 0.845. The maximum atomic E-state index is 10.6. The Labute approximate surface area is 177 Å². The first-order valence-electron chi connectivity index (χ1n) is 9.37. The summed E-state index contributed by atoms with van der Waals surface area (Å²) in [4.78, 5) is 1.33. The van der Waals surface area contributed by atoms with Crippen LogP contribution in [0.2, 0.25) is 0 Å². The fourth-order valence-electron chi connectivity index (χ4n) is 3.07. The van der Waals surface area contributed by atoms with E-state index in [1.165, 1.54) is 20.5 Å². The molecule has 3 N–H and O–H groups in total. The molecule has 2 unspecified atom stereocenters. The second kappa shape index (κ2) is 10.3. The molecule has 2 atom stereocenters. The molecule has 6 nitrogen and oxygen atoms in total. The van der Waals surface area contributed by atoms with Crippen molar-refractivity contribution in [3.63, 3.8) is 0 Å². The van der Waals surface area contributed by atoms with Crippen molar-refractivity contribution in [1.82, 2.24) is 10.0 Å². The molecule has 0 aliphatic rings. The molecule has 0 spiro atoms. The van der Waals surface area contributed by atoms with E-state index in [0.29, 0.717) is 19.7 Å². The van der Waals surface area contributed by atoms with Gasteiger partial charge in [0.1, 0.15) is 12.4 Å². The lowest BCUT2D eigenvalue weighted by Gasteiger charge is -2.14. The second-order valence-corrected chi connectivity index (χ2v) is 8.82. The molecule has 0 fully saturated rings. The molecule has 156 valence electrons. The maximum Gasteiger partial charge on any atom is 0.120 e. The minimum Gasteiger partial charge on any atom is -0.760 e. The number of rotatable bonds is 10. The van der Waals surface area contributed by atoms with Crippen molar-refractivity contribution in [3.8, 4) is 5.75 Å². The van der Waals surface area contributed by atoms with Crippen LogP contribution >= 0.6 is 11.3 Å². The van der Waals surface area contributed by atoms with Crippen LogP contribution in [0.25, 0.3) is 10.1 Å². The minimum absolute atomic E-state index is 0.200. The summed E-state index contributed by atoms with van der Waals surface area (Å²) >= 11 is -0.526. The van der Waals surface area contributed by atoms with Crippen LogP contribution in [0.15, 0.2) is 42.5 Å². The van der Waals surface area contributed by atoms with Crippen molar-refractivity contribution >= 4 is 32.7 Å². The molecule has 3 rings (SSSR count).